The number of nitrogens with zero attached hydrogens (tertiary/aromatic N) is 3. The Hall–Kier alpha value is -3.02. The zero-order valence-corrected chi connectivity index (χ0v) is 14.9. The Morgan fingerprint density at radius 2 is 1.88 bits per heavy atom. The quantitative estimate of drug-likeness (QED) is 0.726. The van der Waals surface area contributed by atoms with Crippen molar-refractivity contribution in [2.75, 3.05) is 38.2 Å². The van der Waals surface area contributed by atoms with E-state index in [1.165, 1.54) is 0 Å². The summed E-state index contributed by atoms with van der Waals surface area (Å²) < 4.78 is 11.1. The number of pyridine rings is 1. The van der Waals surface area contributed by atoms with Crippen molar-refractivity contribution in [3.05, 3.63) is 53.9 Å². The molecule has 1 aliphatic heterocycles. The minimum absolute atomic E-state index is 0.0830. The van der Waals surface area contributed by atoms with Gasteiger partial charge in [0.05, 0.1) is 12.8 Å². The average Bonchev–Trinajstić information content (AvgIpc) is 3.10. The molecule has 0 saturated carbocycles. The first-order valence-electron chi connectivity index (χ1n) is 8.70. The molecule has 0 bridgehead atoms. The van der Waals surface area contributed by atoms with Crippen LogP contribution in [0.15, 0.2) is 46.9 Å². The molecule has 3 heterocycles. The summed E-state index contributed by atoms with van der Waals surface area (Å²) in [6.07, 6.45) is 0. The van der Waals surface area contributed by atoms with E-state index in [4.69, 9.17) is 9.15 Å². The second-order valence-electron chi connectivity index (χ2n) is 6.40. The topological polar surface area (TPSA) is 58.8 Å². The molecule has 0 aliphatic carbocycles. The van der Waals surface area contributed by atoms with Gasteiger partial charge >= 0.3 is 0 Å². The van der Waals surface area contributed by atoms with Gasteiger partial charge in [-0.2, -0.15) is 0 Å². The number of anilines is 1. The predicted octanol–water partition coefficient (Wildman–Crippen LogP) is 3.11. The van der Waals surface area contributed by atoms with Crippen molar-refractivity contribution >= 4 is 22.7 Å². The molecule has 6 heteroatoms. The maximum absolute atomic E-state index is 12.8. The molecular weight excluding hydrogens is 330 g/mol. The summed E-state index contributed by atoms with van der Waals surface area (Å²) in [4.78, 5) is 21.3. The average molecular weight is 351 g/mol. The monoisotopic (exact) mass is 351 g/mol. The molecule has 3 aromatic rings. The largest absolute Gasteiger partial charge is 0.495 e. The SMILES string of the molecule is COc1ccccc1N1CCN(C(=O)c2cc3nc(C)ccc3o2)CC1. The highest BCUT2D eigenvalue weighted by Crippen LogP contribution is 2.28. The molecule has 0 N–H and O–H groups in total. The molecule has 1 fully saturated rings. The van der Waals surface area contributed by atoms with Crippen molar-refractivity contribution in [3.63, 3.8) is 0 Å². The molecule has 2 aromatic heterocycles. The summed E-state index contributed by atoms with van der Waals surface area (Å²) >= 11 is 0. The number of benzene rings is 1. The van der Waals surface area contributed by atoms with Gasteiger partial charge in [-0.25, -0.2) is 4.98 Å². The fourth-order valence-electron chi connectivity index (χ4n) is 3.33. The van der Waals surface area contributed by atoms with Crippen molar-refractivity contribution < 1.29 is 13.9 Å². The van der Waals surface area contributed by atoms with Crippen LogP contribution in [0, 0.1) is 6.92 Å². The zero-order valence-electron chi connectivity index (χ0n) is 14.9. The minimum atomic E-state index is -0.0830. The van der Waals surface area contributed by atoms with E-state index in [0.717, 1.165) is 35.7 Å². The third-order valence-electron chi connectivity index (χ3n) is 4.72. The highest BCUT2D eigenvalue weighted by Gasteiger charge is 2.25. The molecule has 6 nitrogen and oxygen atoms in total. The number of para-hydroxylation sites is 2. The van der Waals surface area contributed by atoms with Crippen molar-refractivity contribution in [2.45, 2.75) is 6.92 Å². The second-order valence-corrected chi connectivity index (χ2v) is 6.40. The molecule has 1 saturated heterocycles. The van der Waals surface area contributed by atoms with Crippen molar-refractivity contribution in [3.8, 4) is 5.75 Å². The van der Waals surface area contributed by atoms with Crippen molar-refractivity contribution in [1.29, 1.82) is 0 Å². The first-order valence-corrected chi connectivity index (χ1v) is 8.70. The van der Waals surface area contributed by atoms with Crippen LogP contribution < -0.4 is 9.64 Å². The van der Waals surface area contributed by atoms with E-state index in [9.17, 15) is 4.79 Å². The maximum atomic E-state index is 12.8. The van der Waals surface area contributed by atoms with Crippen LogP contribution in [0.25, 0.3) is 11.1 Å². The van der Waals surface area contributed by atoms with Gasteiger partial charge in [0, 0.05) is 37.9 Å². The second kappa shape index (κ2) is 6.71. The summed E-state index contributed by atoms with van der Waals surface area (Å²) in [5.41, 5.74) is 3.33. The first kappa shape index (κ1) is 16.4. The Labute approximate surface area is 152 Å². The molecule has 0 radical (unpaired) electrons. The van der Waals surface area contributed by atoms with Gasteiger partial charge in [-0.1, -0.05) is 12.1 Å². The lowest BCUT2D eigenvalue weighted by molar-refractivity contribution is 0.0717. The molecular formula is C20H21N3O3. The summed E-state index contributed by atoms with van der Waals surface area (Å²) in [6.45, 7) is 4.71. The summed E-state index contributed by atoms with van der Waals surface area (Å²) in [5, 5.41) is 0. The number of methoxy groups -OCH3 is 1. The van der Waals surface area contributed by atoms with Crippen LogP contribution in [-0.2, 0) is 0 Å². The molecule has 1 aromatic carbocycles. The number of piperazine rings is 1. The Balaban J connectivity index is 1.47. The standard InChI is InChI=1S/C20H21N3O3/c1-14-7-8-17-15(21-14)13-19(26-17)20(24)23-11-9-22(10-12-23)16-5-3-4-6-18(16)25-2/h3-8,13H,9-12H2,1-2H3. The highest BCUT2D eigenvalue weighted by atomic mass is 16.5. The lowest BCUT2D eigenvalue weighted by Gasteiger charge is -2.36. The number of furan rings is 1. The number of hydrogen-bond donors (Lipinski definition) is 0. The van der Waals surface area contributed by atoms with E-state index in [-0.39, 0.29) is 5.91 Å². The molecule has 1 aliphatic rings. The number of amides is 1. The van der Waals surface area contributed by atoms with E-state index in [1.54, 1.807) is 13.2 Å². The van der Waals surface area contributed by atoms with Gasteiger partial charge in [0.25, 0.3) is 5.91 Å². The van der Waals surface area contributed by atoms with Gasteiger partial charge in [-0.3, -0.25) is 4.79 Å². The van der Waals surface area contributed by atoms with Gasteiger partial charge in [-0.15, -0.1) is 0 Å². The number of carbonyl (C=O) groups excluding carboxylic acids is 1. The Morgan fingerprint density at radius 3 is 2.65 bits per heavy atom. The third-order valence-corrected chi connectivity index (χ3v) is 4.72. The number of aromatic nitrogens is 1. The fourth-order valence-corrected chi connectivity index (χ4v) is 3.33. The van der Waals surface area contributed by atoms with Gasteiger partial charge in [0.2, 0.25) is 0 Å². The first-order chi connectivity index (χ1) is 12.7. The van der Waals surface area contributed by atoms with Crippen LogP contribution in [-0.4, -0.2) is 49.1 Å². The molecule has 0 spiro atoms. The van der Waals surface area contributed by atoms with E-state index in [0.29, 0.717) is 24.4 Å². The van der Waals surface area contributed by atoms with Gasteiger partial charge in [0.15, 0.2) is 11.3 Å². The predicted molar refractivity (Wildman–Crippen MR) is 99.9 cm³/mol. The maximum Gasteiger partial charge on any atom is 0.289 e. The van der Waals surface area contributed by atoms with Crippen LogP contribution in [0.2, 0.25) is 0 Å². The van der Waals surface area contributed by atoms with E-state index >= 15 is 0 Å². The third kappa shape index (κ3) is 2.98. The fraction of sp³-hybridized carbons (Fsp3) is 0.300. The normalized spacial score (nSPS) is 14.7. The summed E-state index contributed by atoms with van der Waals surface area (Å²) in [5.74, 6) is 1.12. The Bertz CT molecular complexity index is 942. The molecule has 0 unspecified atom stereocenters. The van der Waals surface area contributed by atoms with Crippen LogP contribution in [0.4, 0.5) is 5.69 Å². The Morgan fingerprint density at radius 1 is 1.12 bits per heavy atom. The molecule has 4 rings (SSSR count). The smallest absolute Gasteiger partial charge is 0.289 e. The summed E-state index contributed by atoms with van der Waals surface area (Å²) in [6, 6.07) is 13.4. The van der Waals surface area contributed by atoms with E-state index in [2.05, 4.69) is 9.88 Å². The molecule has 1 amide bonds. The Kier molecular flexibility index (Phi) is 4.24. The van der Waals surface area contributed by atoms with Gasteiger partial charge in [0.1, 0.15) is 11.3 Å². The van der Waals surface area contributed by atoms with E-state index in [1.807, 2.05) is 48.2 Å². The van der Waals surface area contributed by atoms with Crippen LogP contribution in [0.5, 0.6) is 5.75 Å². The molecule has 134 valence electrons. The number of fused-ring (bicyclic) bond motifs is 1. The minimum Gasteiger partial charge on any atom is -0.495 e. The number of hydrogen-bond acceptors (Lipinski definition) is 5. The van der Waals surface area contributed by atoms with Gasteiger partial charge in [-0.05, 0) is 31.2 Å². The molecule has 0 atom stereocenters. The van der Waals surface area contributed by atoms with Crippen molar-refractivity contribution in [1.82, 2.24) is 9.88 Å². The lowest BCUT2D eigenvalue weighted by Crippen LogP contribution is -2.48. The van der Waals surface area contributed by atoms with Crippen LogP contribution in [0.1, 0.15) is 16.2 Å². The number of ether oxygens (including phenoxy) is 1. The van der Waals surface area contributed by atoms with Gasteiger partial charge < -0.3 is 19.0 Å². The molecule has 26 heavy (non-hydrogen) atoms. The number of aryl methyl sites for hydroxylation is 1. The zero-order chi connectivity index (χ0) is 18.1. The number of rotatable bonds is 3. The lowest BCUT2D eigenvalue weighted by atomic mass is 10.2. The number of carbonyl (C=O) groups is 1. The van der Waals surface area contributed by atoms with Crippen LogP contribution >= 0.6 is 0 Å². The van der Waals surface area contributed by atoms with Crippen molar-refractivity contribution in [2.24, 2.45) is 0 Å². The highest BCUT2D eigenvalue weighted by molar-refractivity contribution is 5.95. The van der Waals surface area contributed by atoms with E-state index < -0.39 is 0 Å². The van der Waals surface area contributed by atoms with Crippen LogP contribution in [0.3, 0.4) is 0 Å². The summed E-state index contributed by atoms with van der Waals surface area (Å²) in [7, 11) is 1.68.